The van der Waals surface area contributed by atoms with Crippen LogP contribution in [0.1, 0.15) is 19.3 Å². The predicted octanol–water partition coefficient (Wildman–Crippen LogP) is 2.97. The van der Waals surface area contributed by atoms with Gasteiger partial charge in [-0.1, -0.05) is 6.08 Å². The van der Waals surface area contributed by atoms with Crippen LogP contribution in [0.15, 0.2) is 24.8 Å². The zero-order valence-corrected chi connectivity index (χ0v) is 13.6. The average Bonchev–Trinajstić information content (AvgIpc) is 2.55. The number of halogens is 2. The van der Waals surface area contributed by atoms with Crippen LogP contribution in [0, 0.1) is 11.6 Å². The third-order valence-corrected chi connectivity index (χ3v) is 3.95. The first kappa shape index (κ1) is 18.2. The van der Waals surface area contributed by atoms with Gasteiger partial charge in [0, 0.05) is 31.9 Å². The van der Waals surface area contributed by atoms with Gasteiger partial charge < -0.3 is 20.2 Å². The summed E-state index contributed by atoms with van der Waals surface area (Å²) >= 11 is 0. The highest BCUT2D eigenvalue weighted by molar-refractivity contribution is 5.89. The summed E-state index contributed by atoms with van der Waals surface area (Å²) < 4.78 is 28.7. The third kappa shape index (κ3) is 4.44. The van der Waals surface area contributed by atoms with Crippen molar-refractivity contribution >= 4 is 17.4 Å². The van der Waals surface area contributed by atoms with E-state index < -0.39 is 17.7 Å². The van der Waals surface area contributed by atoms with E-state index in [4.69, 9.17) is 5.11 Å². The lowest BCUT2D eigenvalue weighted by Gasteiger charge is -2.29. The SMILES string of the molecule is C=CCN(CCO)C(=O)Nc1cc(F)c(N2CCCCC2)c(F)c1. The van der Waals surface area contributed by atoms with Crippen molar-refractivity contribution in [1.29, 1.82) is 0 Å². The summed E-state index contributed by atoms with van der Waals surface area (Å²) in [4.78, 5) is 15.1. The summed E-state index contributed by atoms with van der Waals surface area (Å²) in [5.41, 5.74) is 0.00812. The van der Waals surface area contributed by atoms with E-state index >= 15 is 0 Å². The number of nitrogens with one attached hydrogen (secondary N) is 1. The van der Waals surface area contributed by atoms with E-state index in [0.717, 1.165) is 31.4 Å². The lowest BCUT2D eigenvalue weighted by Crippen LogP contribution is -2.37. The van der Waals surface area contributed by atoms with E-state index in [1.165, 1.54) is 11.0 Å². The molecule has 0 radical (unpaired) electrons. The second-order valence-electron chi connectivity index (χ2n) is 5.72. The Kier molecular flexibility index (Phi) is 6.54. The predicted molar refractivity (Wildman–Crippen MR) is 90.3 cm³/mol. The summed E-state index contributed by atoms with van der Waals surface area (Å²) in [5.74, 6) is -1.38. The molecule has 0 aliphatic carbocycles. The van der Waals surface area contributed by atoms with E-state index in [1.54, 1.807) is 4.90 Å². The smallest absolute Gasteiger partial charge is 0.322 e. The third-order valence-electron chi connectivity index (χ3n) is 3.95. The summed E-state index contributed by atoms with van der Waals surface area (Å²) in [5, 5.41) is 11.4. The second-order valence-corrected chi connectivity index (χ2v) is 5.72. The fraction of sp³-hybridized carbons (Fsp3) is 0.471. The van der Waals surface area contributed by atoms with E-state index in [0.29, 0.717) is 13.1 Å². The second kappa shape index (κ2) is 8.63. The lowest BCUT2D eigenvalue weighted by molar-refractivity contribution is 0.195. The Morgan fingerprint density at radius 2 is 1.92 bits per heavy atom. The molecule has 5 nitrogen and oxygen atoms in total. The topological polar surface area (TPSA) is 55.8 Å². The molecule has 7 heteroatoms. The number of hydrogen-bond donors (Lipinski definition) is 2. The molecule has 0 aromatic heterocycles. The average molecular weight is 339 g/mol. The Hall–Kier alpha value is -2.15. The van der Waals surface area contributed by atoms with Gasteiger partial charge in [-0.2, -0.15) is 0 Å². The molecule has 132 valence electrons. The van der Waals surface area contributed by atoms with Crippen LogP contribution in [-0.4, -0.2) is 48.8 Å². The Balaban J connectivity index is 2.14. The molecule has 2 N–H and O–H groups in total. The van der Waals surface area contributed by atoms with Crippen molar-refractivity contribution in [3.8, 4) is 0 Å². The molecule has 0 atom stereocenters. The van der Waals surface area contributed by atoms with Gasteiger partial charge in [0.15, 0.2) is 11.6 Å². The van der Waals surface area contributed by atoms with Gasteiger partial charge in [-0.3, -0.25) is 0 Å². The van der Waals surface area contributed by atoms with Crippen molar-refractivity contribution in [1.82, 2.24) is 4.90 Å². The van der Waals surface area contributed by atoms with E-state index in [1.807, 2.05) is 0 Å². The van der Waals surface area contributed by atoms with Gasteiger partial charge in [0.2, 0.25) is 0 Å². The van der Waals surface area contributed by atoms with Gasteiger partial charge in [0.05, 0.1) is 6.61 Å². The zero-order chi connectivity index (χ0) is 17.5. The fourth-order valence-electron chi connectivity index (χ4n) is 2.81. The molecular formula is C17H23F2N3O2. The number of urea groups is 1. The van der Waals surface area contributed by atoms with Crippen molar-refractivity contribution in [3.05, 3.63) is 36.4 Å². The summed E-state index contributed by atoms with van der Waals surface area (Å²) in [6.07, 6.45) is 4.40. The highest BCUT2D eigenvalue weighted by atomic mass is 19.1. The Morgan fingerprint density at radius 1 is 1.29 bits per heavy atom. The first-order valence-corrected chi connectivity index (χ1v) is 8.08. The number of piperidine rings is 1. The van der Waals surface area contributed by atoms with Crippen molar-refractivity contribution in [2.45, 2.75) is 19.3 Å². The van der Waals surface area contributed by atoms with Gasteiger partial charge in [-0.15, -0.1) is 6.58 Å². The van der Waals surface area contributed by atoms with Gasteiger partial charge in [-0.25, -0.2) is 13.6 Å². The molecular weight excluding hydrogens is 316 g/mol. The minimum Gasteiger partial charge on any atom is -0.395 e. The van der Waals surface area contributed by atoms with Crippen molar-refractivity contribution < 1.29 is 18.7 Å². The summed E-state index contributed by atoms with van der Waals surface area (Å²) in [7, 11) is 0. The maximum atomic E-state index is 14.3. The zero-order valence-electron chi connectivity index (χ0n) is 13.6. The highest BCUT2D eigenvalue weighted by Crippen LogP contribution is 2.29. The molecule has 1 heterocycles. The fourth-order valence-corrected chi connectivity index (χ4v) is 2.81. The minimum absolute atomic E-state index is 0.0361. The van der Waals surface area contributed by atoms with Gasteiger partial charge in [0.25, 0.3) is 0 Å². The molecule has 1 fully saturated rings. The Labute approximate surface area is 140 Å². The molecule has 1 aliphatic heterocycles. The molecule has 0 saturated carbocycles. The molecule has 1 aromatic rings. The highest BCUT2D eigenvalue weighted by Gasteiger charge is 2.21. The number of benzene rings is 1. The summed E-state index contributed by atoms with van der Waals surface area (Å²) in [6, 6.07) is 1.69. The van der Waals surface area contributed by atoms with E-state index in [9.17, 15) is 13.6 Å². The van der Waals surface area contributed by atoms with Crippen LogP contribution in [-0.2, 0) is 0 Å². The standard InChI is InChI=1S/C17H23F2N3O2/c1-2-6-22(9-10-23)17(24)20-13-11-14(18)16(15(19)12-13)21-7-4-3-5-8-21/h2,11-12,23H,1,3-10H2,(H,20,24). The first-order chi connectivity index (χ1) is 11.6. The number of carbonyl (C=O) groups excluding carboxylic acids is 1. The van der Waals surface area contributed by atoms with Crippen LogP contribution < -0.4 is 10.2 Å². The molecule has 0 spiro atoms. The van der Waals surface area contributed by atoms with Crippen molar-refractivity contribution in [3.63, 3.8) is 0 Å². The Morgan fingerprint density at radius 3 is 2.46 bits per heavy atom. The maximum Gasteiger partial charge on any atom is 0.322 e. The van der Waals surface area contributed by atoms with Crippen LogP contribution in [0.2, 0.25) is 0 Å². The molecule has 0 unspecified atom stereocenters. The largest absolute Gasteiger partial charge is 0.395 e. The minimum atomic E-state index is -0.690. The molecule has 1 aliphatic rings. The number of amides is 2. The quantitative estimate of drug-likeness (QED) is 0.784. The van der Waals surface area contributed by atoms with Gasteiger partial charge >= 0.3 is 6.03 Å². The molecule has 2 rings (SSSR count). The van der Waals surface area contributed by atoms with Crippen LogP contribution in [0.4, 0.5) is 25.0 Å². The Bertz CT molecular complexity index is 566. The first-order valence-electron chi connectivity index (χ1n) is 8.08. The van der Waals surface area contributed by atoms with Gasteiger partial charge in [-0.05, 0) is 31.4 Å². The molecule has 1 saturated heterocycles. The van der Waals surface area contributed by atoms with E-state index in [-0.39, 0.29) is 31.1 Å². The molecule has 2 amide bonds. The number of nitrogens with zero attached hydrogens (tertiary/aromatic N) is 2. The number of aliphatic hydroxyl groups is 1. The molecule has 24 heavy (non-hydrogen) atoms. The van der Waals surface area contributed by atoms with Crippen LogP contribution in [0.25, 0.3) is 0 Å². The number of anilines is 2. The van der Waals surface area contributed by atoms with Crippen molar-refractivity contribution in [2.24, 2.45) is 0 Å². The number of aliphatic hydroxyl groups excluding tert-OH is 1. The lowest BCUT2D eigenvalue weighted by atomic mass is 10.1. The number of hydrogen-bond acceptors (Lipinski definition) is 3. The number of carbonyl (C=O) groups is 1. The number of rotatable bonds is 6. The molecule has 1 aromatic carbocycles. The van der Waals surface area contributed by atoms with Crippen molar-refractivity contribution in [2.75, 3.05) is 43.0 Å². The molecule has 0 bridgehead atoms. The van der Waals surface area contributed by atoms with Crippen LogP contribution in [0.5, 0.6) is 0 Å². The summed E-state index contributed by atoms with van der Waals surface area (Å²) in [6.45, 7) is 4.91. The normalized spacial score (nSPS) is 14.4. The monoisotopic (exact) mass is 339 g/mol. The van der Waals surface area contributed by atoms with Crippen LogP contribution >= 0.6 is 0 Å². The van der Waals surface area contributed by atoms with Crippen LogP contribution in [0.3, 0.4) is 0 Å². The maximum absolute atomic E-state index is 14.3. The van der Waals surface area contributed by atoms with Gasteiger partial charge in [0.1, 0.15) is 5.69 Å². The van der Waals surface area contributed by atoms with E-state index in [2.05, 4.69) is 11.9 Å².